The molecule has 20 heavy (non-hydrogen) atoms. The van der Waals surface area contributed by atoms with Crippen molar-refractivity contribution >= 4 is 0 Å². The van der Waals surface area contributed by atoms with Crippen LogP contribution in [0.25, 0.3) is 0 Å². The summed E-state index contributed by atoms with van der Waals surface area (Å²) in [7, 11) is 0. The van der Waals surface area contributed by atoms with E-state index in [1.165, 1.54) is 24.0 Å². The van der Waals surface area contributed by atoms with Crippen LogP contribution in [0.1, 0.15) is 64.1 Å². The van der Waals surface area contributed by atoms with Gasteiger partial charge in [0.1, 0.15) is 0 Å². The predicted octanol–water partition coefficient (Wildman–Crippen LogP) is 3.90. The summed E-state index contributed by atoms with van der Waals surface area (Å²) in [6.45, 7) is 10.3. The molecule has 1 aromatic carbocycles. The Morgan fingerprint density at radius 2 is 1.90 bits per heavy atom. The first kappa shape index (κ1) is 15.5. The van der Waals surface area contributed by atoms with E-state index in [0.717, 1.165) is 19.4 Å². The number of hydrogen-bond acceptors (Lipinski definition) is 2. The van der Waals surface area contributed by atoms with E-state index in [4.69, 9.17) is 5.73 Å². The molecule has 0 amide bonds. The molecule has 112 valence electrons. The van der Waals surface area contributed by atoms with Gasteiger partial charge in [-0.3, -0.25) is 4.90 Å². The van der Waals surface area contributed by atoms with Crippen molar-refractivity contribution in [3.05, 3.63) is 35.4 Å². The van der Waals surface area contributed by atoms with E-state index >= 15 is 0 Å². The Bertz CT molecular complexity index is 433. The molecule has 2 atom stereocenters. The predicted molar refractivity (Wildman–Crippen MR) is 86.8 cm³/mol. The molecular formula is C18H30N2. The van der Waals surface area contributed by atoms with Gasteiger partial charge in [0, 0.05) is 11.6 Å². The van der Waals surface area contributed by atoms with Gasteiger partial charge in [-0.25, -0.2) is 0 Å². The second kappa shape index (κ2) is 6.28. The van der Waals surface area contributed by atoms with Gasteiger partial charge >= 0.3 is 0 Å². The van der Waals surface area contributed by atoms with Crippen LogP contribution in [0, 0.1) is 0 Å². The number of benzene rings is 1. The summed E-state index contributed by atoms with van der Waals surface area (Å²) in [4.78, 5) is 2.62. The highest BCUT2D eigenvalue weighted by atomic mass is 15.2. The molecule has 1 aliphatic rings. The van der Waals surface area contributed by atoms with Crippen LogP contribution in [0.3, 0.4) is 0 Å². The molecule has 2 rings (SSSR count). The third kappa shape index (κ3) is 3.24. The van der Waals surface area contributed by atoms with Crippen LogP contribution >= 0.6 is 0 Å². The monoisotopic (exact) mass is 274 g/mol. The summed E-state index contributed by atoms with van der Waals surface area (Å²) in [6, 6.07) is 9.44. The molecule has 1 aliphatic heterocycles. The van der Waals surface area contributed by atoms with Crippen LogP contribution in [0.5, 0.6) is 0 Å². The van der Waals surface area contributed by atoms with Gasteiger partial charge in [-0.15, -0.1) is 0 Å². The molecule has 0 spiro atoms. The minimum absolute atomic E-state index is 0.160. The van der Waals surface area contributed by atoms with Gasteiger partial charge in [0.15, 0.2) is 0 Å². The molecule has 0 radical (unpaired) electrons. The minimum Gasteiger partial charge on any atom is -0.326 e. The first-order valence-corrected chi connectivity index (χ1v) is 8.05. The van der Waals surface area contributed by atoms with Crippen LogP contribution in [-0.4, -0.2) is 23.0 Å². The van der Waals surface area contributed by atoms with Crippen LogP contribution in [0.2, 0.25) is 0 Å². The molecule has 2 nitrogen and oxygen atoms in total. The summed E-state index contributed by atoms with van der Waals surface area (Å²) in [5, 5.41) is 0. The van der Waals surface area contributed by atoms with Crippen LogP contribution in [0.4, 0.5) is 0 Å². The van der Waals surface area contributed by atoms with E-state index in [9.17, 15) is 0 Å². The molecule has 1 fully saturated rings. The van der Waals surface area contributed by atoms with Gasteiger partial charge in [0.25, 0.3) is 0 Å². The Hall–Kier alpha value is -0.860. The molecular weight excluding hydrogens is 244 g/mol. The highest BCUT2D eigenvalue weighted by molar-refractivity contribution is 5.31. The quantitative estimate of drug-likeness (QED) is 0.886. The number of rotatable bonds is 2. The maximum Gasteiger partial charge on any atom is 0.0507 e. The zero-order valence-corrected chi connectivity index (χ0v) is 13.5. The van der Waals surface area contributed by atoms with Crippen LogP contribution in [-0.2, 0) is 6.42 Å². The molecule has 2 unspecified atom stereocenters. The SMILES string of the molecule is CCc1ccccc1C1C(N)CCCCN1C(C)(C)C. The molecule has 0 aromatic heterocycles. The zero-order chi connectivity index (χ0) is 14.8. The average Bonchev–Trinajstić information content (AvgIpc) is 2.60. The fourth-order valence-corrected chi connectivity index (χ4v) is 3.49. The second-order valence-electron chi connectivity index (χ2n) is 7.02. The van der Waals surface area contributed by atoms with Crippen molar-refractivity contribution < 1.29 is 0 Å². The van der Waals surface area contributed by atoms with Crippen molar-refractivity contribution in [1.29, 1.82) is 0 Å². The van der Waals surface area contributed by atoms with Crippen molar-refractivity contribution in [3.63, 3.8) is 0 Å². The number of nitrogens with zero attached hydrogens (tertiary/aromatic N) is 1. The smallest absolute Gasteiger partial charge is 0.0507 e. The number of likely N-dealkylation sites (tertiary alicyclic amines) is 1. The molecule has 1 aromatic rings. The zero-order valence-electron chi connectivity index (χ0n) is 13.5. The number of hydrogen-bond donors (Lipinski definition) is 1. The lowest BCUT2D eigenvalue weighted by molar-refractivity contribution is 0.0751. The number of nitrogens with two attached hydrogens (primary N) is 1. The summed E-state index contributed by atoms with van der Waals surface area (Å²) in [5.74, 6) is 0. The van der Waals surface area contributed by atoms with E-state index in [0.29, 0.717) is 6.04 Å². The minimum atomic E-state index is 0.160. The van der Waals surface area contributed by atoms with Crippen LogP contribution in [0.15, 0.2) is 24.3 Å². The highest BCUT2D eigenvalue weighted by Gasteiger charge is 2.35. The van der Waals surface area contributed by atoms with Crippen molar-refractivity contribution in [1.82, 2.24) is 4.90 Å². The lowest BCUT2D eigenvalue weighted by atomic mass is 9.89. The average molecular weight is 274 g/mol. The summed E-state index contributed by atoms with van der Waals surface area (Å²) < 4.78 is 0. The fraction of sp³-hybridized carbons (Fsp3) is 0.667. The Morgan fingerprint density at radius 3 is 2.55 bits per heavy atom. The Balaban J connectivity index is 2.45. The normalized spacial score (nSPS) is 25.4. The van der Waals surface area contributed by atoms with Crippen LogP contribution < -0.4 is 5.73 Å². The van der Waals surface area contributed by atoms with Gasteiger partial charge in [-0.05, 0) is 57.7 Å². The van der Waals surface area contributed by atoms with E-state index in [-0.39, 0.29) is 11.6 Å². The molecule has 0 bridgehead atoms. The van der Waals surface area contributed by atoms with Gasteiger partial charge in [0.05, 0.1) is 6.04 Å². The first-order valence-electron chi connectivity index (χ1n) is 8.05. The summed E-state index contributed by atoms with van der Waals surface area (Å²) in [5.41, 5.74) is 9.63. The Morgan fingerprint density at radius 1 is 1.20 bits per heavy atom. The van der Waals surface area contributed by atoms with Gasteiger partial charge in [-0.2, -0.15) is 0 Å². The van der Waals surface area contributed by atoms with Crippen molar-refractivity contribution in [2.24, 2.45) is 5.73 Å². The standard InChI is InChI=1S/C18H30N2/c1-5-14-10-6-7-11-15(14)17-16(19)12-8-9-13-20(17)18(2,3)4/h6-7,10-11,16-17H,5,8-9,12-13,19H2,1-4H3. The largest absolute Gasteiger partial charge is 0.326 e. The lowest BCUT2D eigenvalue weighted by Crippen LogP contribution is -2.49. The van der Waals surface area contributed by atoms with E-state index in [1.807, 2.05) is 0 Å². The maximum absolute atomic E-state index is 6.58. The molecule has 2 heteroatoms. The third-order valence-electron chi connectivity index (χ3n) is 4.54. The second-order valence-corrected chi connectivity index (χ2v) is 7.02. The van der Waals surface area contributed by atoms with Crippen molar-refractivity contribution in [2.45, 2.75) is 71.0 Å². The number of aryl methyl sites for hydroxylation is 1. The fourth-order valence-electron chi connectivity index (χ4n) is 3.49. The molecule has 1 saturated heterocycles. The Kier molecular flexibility index (Phi) is 4.87. The van der Waals surface area contributed by atoms with E-state index in [2.05, 4.69) is 56.9 Å². The molecule has 2 N–H and O–H groups in total. The van der Waals surface area contributed by atoms with Crippen molar-refractivity contribution in [2.75, 3.05) is 6.54 Å². The van der Waals surface area contributed by atoms with E-state index < -0.39 is 0 Å². The highest BCUT2D eigenvalue weighted by Crippen LogP contribution is 2.36. The third-order valence-corrected chi connectivity index (χ3v) is 4.54. The topological polar surface area (TPSA) is 29.3 Å². The van der Waals surface area contributed by atoms with Gasteiger partial charge < -0.3 is 5.73 Å². The van der Waals surface area contributed by atoms with E-state index in [1.54, 1.807) is 0 Å². The lowest BCUT2D eigenvalue weighted by Gasteiger charge is -2.43. The van der Waals surface area contributed by atoms with Gasteiger partial charge in [-0.1, -0.05) is 37.6 Å². The summed E-state index contributed by atoms with van der Waals surface area (Å²) in [6.07, 6.45) is 4.72. The molecule has 0 saturated carbocycles. The maximum atomic E-state index is 6.58. The molecule has 1 heterocycles. The van der Waals surface area contributed by atoms with Crippen molar-refractivity contribution in [3.8, 4) is 0 Å². The molecule has 0 aliphatic carbocycles. The van der Waals surface area contributed by atoms with Gasteiger partial charge in [0.2, 0.25) is 0 Å². The summed E-state index contributed by atoms with van der Waals surface area (Å²) >= 11 is 0. The Labute approximate surface area is 124 Å². The first-order chi connectivity index (χ1) is 9.45.